The van der Waals surface area contributed by atoms with E-state index >= 15 is 0 Å². The van der Waals surface area contributed by atoms with E-state index in [1.54, 1.807) is 48.5 Å². The molecular weight excluding hydrogens is 644 g/mol. The van der Waals surface area contributed by atoms with Gasteiger partial charge in [0.1, 0.15) is 24.4 Å². The van der Waals surface area contributed by atoms with Crippen LogP contribution in [0.1, 0.15) is 93.4 Å². The van der Waals surface area contributed by atoms with Crippen LogP contribution in [0.25, 0.3) is 0 Å². The minimum atomic E-state index is -1.67. The van der Waals surface area contributed by atoms with Crippen molar-refractivity contribution in [3.05, 3.63) is 0 Å². The predicted octanol–water partition coefficient (Wildman–Crippen LogP) is -5.64. The van der Waals surface area contributed by atoms with Crippen LogP contribution in [-0.2, 0) is 0 Å². The van der Waals surface area contributed by atoms with Gasteiger partial charge in [-0.15, -0.1) is 0 Å². The van der Waals surface area contributed by atoms with Crippen molar-refractivity contribution >= 4 is 0 Å². The van der Waals surface area contributed by atoms with E-state index in [0.717, 1.165) is 0 Å². The zero-order valence-corrected chi connectivity index (χ0v) is 28.7. The van der Waals surface area contributed by atoms with E-state index in [1.165, 1.54) is 0 Å². The maximum atomic E-state index is 8.96. The molecule has 0 saturated heterocycles. The van der Waals surface area contributed by atoms with Crippen LogP contribution in [0.5, 0.6) is 0 Å². The fraction of sp³-hybridized carbons (Fsp3) is 1.00. The monoisotopic (exact) mass is 714 g/mol. The van der Waals surface area contributed by atoms with Gasteiger partial charge in [-0.25, -0.2) is 0 Å². The van der Waals surface area contributed by atoms with Gasteiger partial charge in [0, 0.05) is 0 Å². The number of aliphatic hydroxyl groups is 20. The first kappa shape index (κ1) is 64.7. The fourth-order valence-electron chi connectivity index (χ4n) is 0.671. The molecule has 0 aliphatic rings. The topological polar surface area (TPSA) is 405 Å². The Balaban J connectivity index is -0.0000000638. The molecule has 0 radical (unpaired) electrons. The molecule has 0 amide bonds. The van der Waals surface area contributed by atoms with Gasteiger partial charge in [0.05, 0.1) is 13.2 Å². The second-order valence-corrected chi connectivity index (χ2v) is 8.70. The highest BCUT2D eigenvalue weighted by molar-refractivity contribution is 4.79. The van der Waals surface area contributed by atoms with E-state index in [1.807, 2.05) is 0 Å². The quantitative estimate of drug-likeness (QED) is 0.0837. The average Bonchev–Trinajstić information content (AvgIpc) is 3.04. The maximum Gasteiger partial charge on any atom is 0.151 e. The van der Waals surface area contributed by atoms with Gasteiger partial charge < -0.3 is 102 Å². The van der Waals surface area contributed by atoms with Crippen molar-refractivity contribution in [1.29, 1.82) is 0 Å². The predicted molar refractivity (Wildman–Crippen MR) is 168 cm³/mol. The van der Waals surface area contributed by atoms with E-state index < -0.39 is 81.7 Å². The molecule has 0 fully saturated rings. The average molecular weight is 715 g/mol. The lowest BCUT2D eigenvalue weighted by molar-refractivity contribution is -0.123. The highest BCUT2D eigenvalue weighted by atomic mass is 16.5. The van der Waals surface area contributed by atoms with E-state index in [9.17, 15) is 0 Å². The third kappa shape index (κ3) is 98.9. The Morgan fingerprint density at radius 3 is 0.383 bits per heavy atom. The Hall–Kier alpha value is -0.800. The maximum absolute atomic E-state index is 8.96. The Morgan fingerprint density at radius 2 is 0.340 bits per heavy atom. The third-order valence-corrected chi connectivity index (χ3v) is 4.07. The van der Waals surface area contributed by atoms with Crippen LogP contribution in [0, 0.1) is 0 Å². The van der Waals surface area contributed by atoms with Crippen molar-refractivity contribution < 1.29 is 102 Å². The van der Waals surface area contributed by atoms with Crippen molar-refractivity contribution in [2.45, 2.75) is 162 Å². The molecule has 0 aromatic rings. The molecule has 0 spiro atoms. The summed E-state index contributed by atoms with van der Waals surface area (Å²) < 4.78 is 0. The summed E-state index contributed by atoms with van der Waals surface area (Å²) >= 11 is 0. The third-order valence-electron chi connectivity index (χ3n) is 4.07. The van der Waals surface area contributed by atoms with Crippen molar-refractivity contribution in [3.8, 4) is 0 Å². The Labute approximate surface area is 277 Å². The van der Waals surface area contributed by atoms with Gasteiger partial charge in [-0.2, -0.15) is 0 Å². The molecule has 298 valence electrons. The fourth-order valence-corrected chi connectivity index (χ4v) is 0.671. The summed E-state index contributed by atoms with van der Waals surface area (Å²) in [5, 5.41) is 163. The van der Waals surface area contributed by atoms with Crippen LogP contribution in [0.2, 0.25) is 0 Å². The Kier molecular flexibility index (Phi) is 71.6. The standard InChI is InChI=1S/C6H14O6.7C3H8O2/c7-1-3(9)5(11)6(12)4(10)2-8;7*1-2-3(4)5/h3-12H,1-2H2;7*3-5H,2H2,1H3. The van der Waals surface area contributed by atoms with Crippen LogP contribution in [0.3, 0.4) is 0 Å². The van der Waals surface area contributed by atoms with Crippen molar-refractivity contribution in [1.82, 2.24) is 0 Å². The first-order chi connectivity index (χ1) is 21.4. The number of hydrogen-bond acceptors (Lipinski definition) is 20. The summed E-state index contributed by atoms with van der Waals surface area (Å²) in [7, 11) is 0. The lowest BCUT2D eigenvalue weighted by Crippen LogP contribution is -2.46. The molecule has 20 nitrogen and oxygen atoms in total. The van der Waals surface area contributed by atoms with Crippen LogP contribution in [0.15, 0.2) is 0 Å². The highest BCUT2D eigenvalue weighted by Gasteiger charge is 2.29. The van der Waals surface area contributed by atoms with E-state index in [0.29, 0.717) is 44.9 Å². The van der Waals surface area contributed by atoms with E-state index in [4.69, 9.17) is 102 Å². The van der Waals surface area contributed by atoms with E-state index in [-0.39, 0.29) is 0 Å². The zero-order valence-electron chi connectivity index (χ0n) is 28.7. The van der Waals surface area contributed by atoms with Crippen molar-refractivity contribution in [2.75, 3.05) is 13.2 Å². The molecule has 0 aromatic carbocycles. The number of aliphatic hydroxyl groups excluding tert-OH is 13. The molecule has 0 aliphatic heterocycles. The lowest BCUT2D eigenvalue weighted by atomic mass is 10.0. The summed E-state index contributed by atoms with van der Waals surface area (Å²) in [6, 6.07) is 0. The largest absolute Gasteiger partial charge is 0.394 e. The van der Waals surface area contributed by atoms with Gasteiger partial charge in [-0.1, -0.05) is 48.5 Å². The van der Waals surface area contributed by atoms with Gasteiger partial charge in [0.15, 0.2) is 44.0 Å². The molecule has 0 aliphatic carbocycles. The molecule has 0 bridgehead atoms. The van der Waals surface area contributed by atoms with Crippen molar-refractivity contribution in [2.24, 2.45) is 0 Å². The molecule has 4 unspecified atom stereocenters. The summed E-state index contributed by atoms with van der Waals surface area (Å²) in [4.78, 5) is 0. The van der Waals surface area contributed by atoms with Crippen LogP contribution < -0.4 is 0 Å². The summed E-state index contributed by atoms with van der Waals surface area (Å²) in [6.45, 7) is 10.4. The molecule has 47 heavy (non-hydrogen) atoms. The summed E-state index contributed by atoms with van der Waals surface area (Å²) in [5.74, 6) is 0. The van der Waals surface area contributed by atoms with Crippen LogP contribution in [-0.4, -0.2) is 184 Å². The minimum absolute atomic E-state index is 0.417. The molecule has 20 N–H and O–H groups in total. The van der Waals surface area contributed by atoms with Gasteiger partial charge in [0.25, 0.3) is 0 Å². The SMILES string of the molecule is CCC(O)O.CCC(O)O.CCC(O)O.CCC(O)O.CCC(O)O.CCC(O)O.CCC(O)O.OCC(O)C(O)C(O)C(O)CO. The zero-order chi connectivity index (χ0) is 39.7. The Morgan fingerprint density at radius 1 is 0.255 bits per heavy atom. The smallest absolute Gasteiger partial charge is 0.151 e. The number of hydrogen-bond donors (Lipinski definition) is 20. The summed E-state index contributed by atoms with van der Waals surface area (Å²) in [6.07, 6.45) is -11.3. The molecule has 0 rings (SSSR count). The first-order valence-corrected chi connectivity index (χ1v) is 14.9. The lowest BCUT2D eigenvalue weighted by Gasteiger charge is -2.24. The van der Waals surface area contributed by atoms with Crippen LogP contribution in [0.4, 0.5) is 0 Å². The van der Waals surface area contributed by atoms with Gasteiger partial charge in [0.2, 0.25) is 0 Å². The molecular formula is C27H70O20. The Bertz CT molecular complexity index is 393. The molecule has 0 heterocycles. The normalized spacial score (nSPS) is 12.6. The van der Waals surface area contributed by atoms with Crippen LogP contribution >= 0.6 is 0 Å². The first-order valence-electron chi connectivity index (χ1n) is 14.9. The molecule has 0 aromatic heterocycles. The van der Waals surface area contributed by atoms with Crippen molar-refractivity contribution in [3.63, 3.8) is 0 Å². The van der Waals surface area contributed by atoms with Gasteiger partial charge in [-0.3, -0.25) is 0 Å². The highest BCUT2D eigenvalue weighted by Crippen LogP contribution is 2.04. The van der Waals surface area contributed by atoms with Gasteiger partial charge >= 0.3 is 0 Å². The van der Waals surface area contributed by atoms with E-state index in [2.05, 4.69) is 0 Å². The minimum Gasteiger partial charge on any atom is -0.394 e. The number of rotatable bonds is 12. The second-order valence-electron chi connectivity index (χ2n) is 8.70. The second kappa shape index (κ2) is 52.0. The molecule has 0 saturated carbocycles. The molecule has 4 atom stereocenters. The summed E-state index contributed by atoms with van der Waals surface area (Å²) in [5.41, 5.74) is 0. The molecule has 20 heteroatoms. The van der Waals surface area contributed by atoms with Gasteiger partial charge in [-0.05, 0) is 44.9 Å².